The Bertz CT molecular complexity index is 733. The summed E-state index contributed by atoms with van der Waals surface area (Å²) < 4.78 is 33.1. The number of rotatable bonds is 6. The van der Waals surface area contributed by atoms with E-state index in [2.05, 4.69) is 4.98 Å². The summed E-state index contributed by atoms with van der Waals surface area (Å²) in [5, 5.41) is 0. The van der Waals surface area contributed by atoms with Gasteiger partial charge in [0.1, 0.15) is 11.6 Å². The molecular formula is C19H22F2N2O2. The van der Waals surface area contributed by atoms with E-state index in [4.69, 9.17) is 4.42 Å². The molecule has 0 aliphatic heterocycles. The van der Waals surface area contributed by atoms with Gasteiger partial charge in [0, 0.05) is 24.9 Å². The molecule has 6 heteroatoms. The lowest BCUT2D eigenvalue weighted by Gasteiger charge is -2.40. The Morgan fingerprint density at radius 1 is 1.32 bits per heavy atom. The molecule has 1 aliphatic carbocycles. The lowest BCUT2D eigenvalue weighted by Crippen LogP contribution is -2.48. The number of oxazole rings is 1. The fourth-order valence-electron chi connectivity index (χ4n) is 3.20. The quantitative estimate of drug-likeness (QED) is 0.780. The van der Waals surface area contributed by atoms with Gasteiger partial charge in [-0.1, -0.05) is 6.07 Å². The Kier molecular flexibility index (Phi) is 5.16. The SMILES string of the molecule is CC(C)N(C(=O)CCc1ncc(-c2c(F)cccc2F)o1)C1CCC1. The summed E-state index contributed by atoms with van der Waals surface area (Å²) >= 11 is 0. The van der Waals surface area contributed by atoms with Gasteiger partial charge in [-0.2, -0.15) is 0 Å². The minimum atomic E-state index is -0.699. The average Bonchev–Trinajstić information content (AvgIpc) is 2.96. The van der Waals surface area contributed by atoms with Crippen LogP contribution < -0.4 is 0 Å². The molecule has 1 aliphatic rings. The van der Waals surface area contributed by atoms with E-state index < -0.39 is 11.6 Å². The smallest absolute Gasteiger partial charge is 0.223 e. The highest BCUT2D eigenvalue weighted by molar-refractivity contribution is 5.77. The molecule has 0 saturated heterocycles. The van der Waals surface area contributed by atoms with Crippen LogP contribution in [0.25, 0.3) is 11.3 Å². The molecular weight excluding hydrogens is 326 g/mol. The predicted octanol–water partition coefficient (Wildman–Crippen LogP) is 4.34. The highest BCUT2D eigenvalue weighted by atomic mass is 19.1. The lowest BCUT2D eigenvalue weighted by molar-refractivity contribution is -0.137. The van der Waals surface area contributed by atoms with Gasteiger partial charge < -0.3 is 9.32 Å². The maximum Gasteiger partial charge on any atom is 0.223 e. The normalized spacial score (nSPS) is 14.6. The number of carbonyl (C=O) groups is 1. The first-order chi connectivity index (χ1) is 12.0. The van der Waals surface area contributed by atoms with E-state index in [1.807, 2.05) is 18.7 Å². The fourth-order valence-corrected chi connectivity index (χ4v) is 3.20. The maximum absolute atomic E-state index is 13.8. The van der Waals surface area contributed by atoms with Crippen molar-refractivity contribution in [1.29, 1.82) is 0 Å². The van der Waals surface area contributed by atoms with Crippen LogP contribution in [0.4, 0.5) is 8.78 Å². The Morgan fingerprint density at radius 3 is 2.56 bits per heavy atom. The van der Waals surface area contributed by atoms with Gasteiger partial charge in [0.2, 0.25) is 5.91 Å². The van der Waals surface area contributed by atoms with E-state index in [0.29, 0.717) is 18.4 Å². The summed E-state index contributed by atoms with van der Waals surface area (Å²) in [4.78, 5) is 18.5. The third-order valence-corrected chi connectivity index (χ3v) is 4.63. The van der Waals surface area contributed by atoms with Crippen LogP contribution in [-0.2, 0) is 11.2 Å². The van der Waals surface area contributed by atoms with Crippen molar-refractivity contribution < 1.29 is 18.0 Å². The summed E-state index contributed by atoms with van der Waals surface area (Å²) in [6.45, 7) is 4.03. The summed E-state index contributed by atoms with van der Waals surface area (Å²) in [7, 11) is 0. The summed E-state index contributed by atoms with van der Waals surface area (Å²) in [6, 6.07) is 4.13. The molecule has 1 aromatic heterocycles. The minimum Gasteiger partial charge on any atom is -0.441 e. The van der Waals surface area contributed by atoms with E-state index in [0.717, 1.165) is 12.8 Å². The van der Waals surface area contributed by atoms with Crippen molar-refractivity contribution >= 4 is 5.91 Å². The van der Waals surface area contributed by atoms with Crippen LogP contribution in [0, 0.1) is 11.6 Å². The standard InChI is InChI=1S/C19H22F2N2O2/c1-12(2)23(13-5-3-6-13)18(24)10-9-17-22-11-16(25-17)19-14(20)7-4-8-15(19)21/h4,7-8,11-13H,3,5-6,9-10H2,1-2H3. The van der Waals surface area contributed by atoms with E-state index in [-0.39, 0.29) is 29.7 Å². The van der Waals surface area contributed by atoms with Crippen molar-refractivity contribution in [3.05, 3.63) is 41.9 Å². The second-order valence-electron chi connectivity index (χ2n) is 6.69. The maximum atomic E-state index is 13.8. The highest BCUT2D eigenvalue weighted by Crippen LogP contribution is 2.28. The number of carbonyl (C=O) groups excluding carboxylic acids is 1. The van der Waals surface area contributed by atoms with Gasteiger partial charge in [0.25, 0.3) is 0 Å². The Hall–Kier alpha value is -2.24. The molecule has 0 spiro atoms. The molecule has 1 amide bonds. The number of aryl methyl sites for hydroxylation is 1. The van der Waals surface area contributed by atoms with Gasteiger partial charge in [-0.15, -0.1) is 0 Å². The first-order valence-electron chi connectivity index (χ1n) is 8.67. The molecule has 0 atom stereocenters. The first-order valence-corrected chi connectivity index (χ1v) is 8.67. The first kappa shape index (κ1) is 17.6. The van der Waals surface area contributed by atoms with Gasteiger partial charge in [-0.05, 0) is 45.2 Å². The van der Waals surface area contributed by atoms with Crippen molar-refractivity contribution in [3.8, 4) is 11.3 Å². The molecule has 134 valence electrons. The van der Waals surface area contributed by atoms with Crippen molar-refractivity contribution in [2.75, 3.05) is 0 Å². The van der Waals surface area contributed by atoms with E-state index in [9.17, 15) is 13.6 Å². The van der Waals surface area contributed by atoms with Crippen molar-refractivity contribution in [3.63, 3.8) is 0 Å². The molecule has 0 bridgehead atoms. The number of nitrogens with zero attached hydrogens (tertiary/aromatic N) is 2. The number of hydrogen-bond donors (Lipinski definition) is 0. The third-order valence-electron chi connectivity index (χ3n) is 4.63. The number of aromatic nitrogens is 1. The van der Waals surface area contributed by atoms with Crippen LogP contribution in [-0.4, -0.2) is 27.9 Å². The minimum absolute atomic E-state index is 0.0396. The zero-order chi connectivity index (χ0) is 18.0. The van der Waals surface area contributed by atoms with Crippen molar-refractivity contribution in [2.24, 2.45) is 0 Å². The number of halogens is 2. The highest BCUT2D eigenvalue weighted by Gasteiger charge is 2.30. The predicted molar refractivity (Wildman–Crippen MR) is 89.8 cm³/mol. The summed E-state index contributed by atoms with van der Waals surface area (Å²) in [5.74, 6) is -0.984. The van der Waals surface area contributed by atoms with Gasteiger partial charge in [0.05, 0.1) is 11.8 Å². The molecule has 1 heterocycles. The van der Waals surface area contributed by atoms with Crippen LogP contribution in [0.3, 0.4) is 0 Å². The molecule has 0 N–H and O–H groups in total. The third kappa shape index (κ3) is 3.72. The van der Waals surface area contributed by atoms with Crippen molar-refractivity contribution in [2.45, 2.75) is 58.0 Å². The molecule has 1 saturated carbocycles. The van der Waals surface area contributed by atoms with Crippen LogP contribution in [0.1, 0.15) is 45.4 Å². The average molecular weight is 348 g/mol. The molecule has 4 nitrogen and oxygen atoms in total. The largest absolute Gasteiger partial charge is 0.441 e. The zero-order valence-corrected chi connectivity index (χ0v) is 14.5. The van der Waals surface area contributed by atoms with Crippen LogP contribution in [0.5, 0.6) is 0 Å². The summed E-state index contributed by atoms with van der Waals surface area (Å²) in [6.07, 6.45) is 5.16. The molecule has 3 rings (SSSR count). The van der Waals surface area contributed by atoms with Crippen LogP contribution in [0.15, 0.2) is 28.8 Å². The Balaban J connectivity index is 1.66. The van der Waals surface area contributed by atoms with Gasteiger partial charge >= 0.3 is 0 Å². The Labute approximate surface area is 145 Å². The molecule has 0 unspecified atom stereocenters. The monoisotopic (exact) mass is 348 g/mol. The van der Waals surface area contributed by atoms with E-state index in [1.165, 1.54) is 30.8 Å². The molecule has 2 aromatic rings. The second-order valence-corrected chi connectivity index (χ2v) is 6.69. The second kappa shape index (κ2) is 7.33. The van der Waals surface area contributed by atoms with Crippen LogP contribution >= 0.6 is 0 Å². The number of benzene rings is 1. The zero-order valence-electron chi connectivity index (χ0n) is 14.5. The molecule has 0 radical (unpaired) electrons. The topological polar surface area (TPSA) is 46.3 Å². The van der Waals surface area contributed by atoms with Gasteiger partial charge in [-0.25, -0.2) is 13.8 Å². The molecule has 1 fully saturated rings. The summed E-state index contributed by atoms with van der Waals surface area (Å²) in [5.41, 5.74) is -0.231. The Morgan fingerprint density at radius 2 is 2.00 bits per heavy atom. The van der Waals surface area contributed by atoms with Gasteiger partial charge in [-0.3, -0.25) is 4.79 Å². The lowest BCUT2D eigenvalue weighted by atomic mass is 9.90. The van der Waals surface area contributed by atoms with E-state index in [1.54, 1.807) is 0 Å². The van der Waals surface area contributed by atoms with E-state index >= 15 is 0 Å². The molecule has 1 aromatic carbocycles. The van der Waals surface area contributed by atoms with Crippen molar-refractivity contribution in [1.82, 2.24) is 9.88 Å². The molecule has 25 heavy (non-hydrogen) atoms. The van der Waals surface area contributed by atoms with Crippen LogP contribution in [0.2, 0.25) is 0 Å². The van der Waals surface area contributed by atoms with Gasteiger partial charge in [0.15, 0.2) is 11.7 Å². The number of amides is 1. The fraction of sp³-hybridized carbons (Fsp3) is 0.474. The number of hydrogen-bond acceptors (Lipinski definition) is 3.